The van der Waals surface area contributed by atoms with Crippen LogP contribution >= 0.6 is 0 Å². The summed E-state index contributed by atoms with van der Waals surface area (Å²) in [6, 6.07) is 8.32. The topological polar surface area (TPSA) is 96.9 Å². The lowest BCUT2D eigenvalue weighted by Crippen LogP contribution is -2.49. The zero-order valence-electron chi connectivity index (χ0n) is 17.9. The summed E-state index contributed by atoms with van der Waals surface area (Å²) in [5.41, 5.74) is 8.98. The van der Waals surface area contributed by atoms with Crippen LogP contribution in [-0.4, -0.2) is 59.8 Å². The minimum Gasteiger partial charge on any atom is -0.396 e. The Labute approximate surface area is 177 Å². The highest BCUT2D eigenvalue weighted by Gasteiger charge is 2.24. The van der Waals surface area contributed by atoms with Crippen LogP contribution in [0.4, 0.5) is 11.6 Å². The quantitative estimate of drug-likeness (QED) is 0.556. The van der Waals surface area contributed by atoms with Gasteiger partial charge in [0.1, 0.15) is 24.6 Å². The number of nitrogens with two attached hydrogens (primary N) is 1. The van der Waals surface area contributed by atoms with E-state index in [-0.39, 0.29) is 5.91 Å². The van der Waals surface area contributed by atoms with Crippen LogP contribution in [0.1, 0.15) is 43.4 Å². The molecular formula is C22H30N6O2. The van der Waals surface area contributed by atoms with Gasteiger partial charge in [0, 0.05) is 26.2 Å². The van der Waals surface area contributed by atoms with Crippen LogP contribution < -0.4 is 10.6 Å². The van der Waals surface area contributed by atoms with E-state index in [4.69, 9.17) is 10.6 Å². The number of hydrogen-bond acceptors (Lipinski definition) is 7. The molecule has 0 atom stereocenters. The Balaban J connectivity index is 1.61. The predicted octanol–water partition coefficient (Wildman–Crippen LogP) is 2.44. The van der Waals surface area contributed by atoms with Gasteiger partial charge in [-0.25, -0.2) is 9.97 Å². The van der Waals surface area contributed by atoms with Crippen molar-refractivity contribution in [3.8, 4) is 0 Å². The third kappa shape index (κ3) is 5.25. The zero-order valence-corrected chi connectivity index (χ0v) is 17.9. The number of anilines is 2. The molecule has 0 unspecified atom stereocenters. The highest BCUT2D eigenvalue weighted by Crippen LogP contribution is 2.22. The highest BCUT2D eigenvalue weighted by molar-refractivity contribution is 5.91. The molecule has 1 aromatic carbocycles. The molecule has 1 fully saturated rings. The second-order valence-electron chi connectivity index (χ2n) is 7.59. The van der Waals surface area contributed by atoms with Crippen molar-refractivity contribution >= 4 is 23.8 Å². The molecule has 0 radical (unpaired) electrons. The molecule has 30 heavy (non-hydrogen) atoms. The smallest absolute Gasteiger partial charge is 0.227 e. The number of oxime groups is 1. The number of carbonyl (C=O) groups is 1. The maximum atomic E-state index is 12.7. The molecule has 2 heterocycles. The van der Waals surface area contributed by atoms with E-state index in [0.717, 1.165) is 5.56 Å². The maximum Gasteiger partial charge on any atom is 0.227 e. The second kappa shape index (κ2) is 10.0. The number of nitrogen functional groups attached to an aromatic ring is 1. The van der Waals surface area contributed by atoms with Crippen molar-refractivity contribution in [3.05, 3.63) is 47.3 Å². The first-order valence-electron chi connectivity index (χ1n) is 10.4. The van der Waals surface area contributed by atoms with Gasteiger partial charge >= 0.3 is 0 Å². The lowest BCUT2D eigenvalue weighted by atomic mass is 10.0. The highest BCUT2D eigenvalue weighted by atomic mass is 16.6. The van der Waals surface area contributed by atoms with E-state index >= 15 is 0 Å². The Morgan fingerprint density at radius 1 is 1.20 bits per heavy atom. The maximum absolute atomic E-state index is 12.7. The fourth-order valence-corrected chi connectivity index (χ4v) is 3.41. The van der Waals surface area contributed by atoms with E-state index in [0.29, 0.717) is 62.3 Å². The number of hydrogen-bond donors (Lipinski definition) is 1. The number of rotatable bonds is 7. The Hall–Kier alpha value is -3.16. The Morgan fingerprint density at radius 2 is 1.90 bits per heavy atom. The number of aromatic nitrogens is 2. The average molecular weight is 411 g/mol. The van der Waals surface area contributed by atoms with Gasteiger partial charge in [0.25, 0.3) is 0 Å². The van der Waals surface area contributed by atoms with Crippen LogP contribution in [0.25, 0.3) is 0 Å². The fourth-order valence-electron chi connectivity index (χ4n) is 3.41. The van der Waals surface area contributed by atoms with Gasteiger partial charge in [-0.3, -0.25) is 4.79 Å². The molecule has 1 aliphatic heterocycles. The van der Waals surface area contributed by atoms with Crippen molar-refractivity contribution in [2.75, 3.05) is 43.4 Å². The molecule has 3 rings (SSSR count). The molecule has 0 saturated carbocycles. The van der Waals surface area contributed by atoms with Gasteiger partial charge in [0.05, 0.1) is 18.2 Å². The van der Waals surface area contributed by atoms with E-state index in [1.807, 2.05) is 11.8 Å². The first-order valence-corrected chi connectivity index (χ1v) is 10.4. The van der Waals surface area contributed by atoms with Crippen molar-refractivity contribution in [2.24, 2.45) is 5.16 Å². The van der Waals surface area contributed by atoms with E-state index < -0.39 is 0 Å². The van der Waals surface area contributed by atoms with Crippen LogP contribution in [0, 0.1) is 0 Å². The summed E-state index contributed by atoms with van der Waals surface area (Å²) in [5.74, 6) is 1.70. The summed E-state index contributed by atoms with van der Waals surface area (Å²) in [4.78, 5) is 30.2. The summed E-state index contributed by atoms with van der Waals surface area (Å²) in [5, 5.41) is 3.91. The number of benzene rings is 1. The number of amides is 1. The summed E-state index contributed by atoms with van der Waals surface area (Å²) in [6.45, 7) is 9.27. The molecule has 0 bridgehead atoms. The monoisotopic (exact) mass is 410 g/mol. The minimum absolute atomic E-state index is 0.146. The third-order valence-corrected chi connectivity index (χ3v) is 5.21. The molecule has 160 valence electrons. The molecule has 0 aliphatic carbocycles. The summed E-state index contributed by atoms with van der Waals surface area (Å²) in [7, 11) is 0. The number of nitrogens with zero attached hydrogens (tertiary/aromatic N) is 5. The molecule has 0 spiro atoms. The van der Waals surface area contributed by atoms with Crippen LogP contribution in [0.3, 0.4) is 0 Å². The minimum atomic E-state index is 0.146. The second-order valence-corrected chi connectivity index (χ2v) is 7.59. The summed E-state index contributed by atoms with van der Waals surface area (Å²) >= 11 is 0. The molecule has 8 heteroatoms. The molecule has 1 aliphatic rings. The summed E-state index contributed by atoms with van der Waals surface area (Å²) < 4.78 is 0. The lowest BCUT2D eigenvalue weighted by Gasteiger charge is -2.36. The van der Waals surface area contributed by atoms with Gasteiger partial charge < -0.3 is 20.4 Å². The van der Waals surface area contributed by atoms with Crippen molar-refractivity contribution < 1.29 is 9.63 Å². The molecule has 1 aromatic heterocycles. The number of carbonyl (C=O) groups excluding carboxylic acids is 1. The van der Waals surface area contributed by atoms with Gasteiger partial charge in [-0.2, -0.15) is 0 Å². The van der Waals surface area contributed by atoms with Crippen LogP contribution in [0.2, 0.25) is 0 Å². The van der Waals surface area contributed by atoms with Crippen molar-refractivity contribution in [3.63, 3.8) is 0 Å². The number of piperazine rings is 1. The predicted molar refractivity (Wildman–Crippen MR) is 119 cm³/mol. The molecule has 2 N–H and O–H groups in total. The fraction of sp³-hybridized carbons (Fsp3) is 0.455. The van der Waals surface area contributed by atoms with E-state index in [9.17, 15) is 4.79 Å². The van der Waals surface area contributed by atoms with Crippen molar-refractivity contribution in [1.29, 1.82) is 0 Å². The van der Waals surface area contributed by atoms with Crippen LogP contribution in [0.5, 0.6) is 0 Å². The molecule has 8 nitrogen and oxygen atoms in total. The van der Waals surface area contributed by atoms with Crippen molar-refractivity contribution in [2.45, 2.75) is 33.1 Å². The van der Waals surface area contributed by atoms with Gasteiger partial charge in [-0.05, 0) is 24.0 Å². The lowest BCUT2D eigenvalue weighted by molar-refractivity contribution is -0.130. The van der Waals surface area contributed by atoms with Crippen LogP contribution in [0.15, 0.2) is 35.7 Å². The van der Waals surface area contributed by atoms with Gasteiger partial charge in [0.15, 0.2) is 0 Å². The van der Waals surface area contributed by atoms with E-state index in [2.05, 4.69) is 58.1 Å². The third-order valence-electron chi connectivity index (χ3n) is 5.21. The van der Waals surface area contributed by atoms with E-state index in [1.165, 1.54) is 11.9 Å². The normalized spacial score (nSPS) is 14.5. The van der Waals surface area contributed by atoms with E-state index in [1.54, 1.807) is 6.21 Å². The molecule has 1 amide bonds. The Morgan fingerprint density at radius 3 is 2.53 bits per heavy atom. The van der Waals surface area contributed by atoms with Crippen molar-refractivity contribution in [1.82, 2.24) is 14.9 Å². The zero-order chi connectivity index (χ0) is 21.5. The Kier molecular flexibility index (Phi) is 7.21. The molecule has 2 aromatic rings. The largest absolute Gasteiger partial charge is 0.396 e. The van der Waals surface area contributed by atoms with Crippen LogP contribution in [-0.2, 0) is 16.1 Å². The average Bonchev–Trinajstić information content (AvgIpc) is 2.75. The first-order chi connectivity index (χ1) is 14.5. The summed E-state index contributed by atoms with van der Waals surface area (Å²) in [6.07, 6.45) is 3.42. The molecular weight excluding hydrogens is 380 g/mol. The Bertz CT molecular complexity index is 874. The van der Waals surface area contributed by atoms with Gasteiger partial charge in [0.2, 0.25) is 5.91 Å². The van der Waals surface area contributed by atoms with Gasteiger partial charge in [-0.1, -0.05) is 43.3 Å². The standard InChI is InChI=1S/C22H30N6O2/c1-4-30-26-14-19-21(23)24-15-25-22(19)28-11-9-27(10-12-28)20(29)13-17-5-7-18(8-6-17)16(2)3/h5-8,14-16H,4,9-13H2,1-3H3,(H2,23,24,25)/b26-14+. The molecule has 1 saturated heterocycles. The van der Waals surface area contributed by atoms with Gasteiger partial charge in [-0.15, -0.1) is 0 Å². The first kappa shape index (κ1) is 21.5. The SMILES string of the molecule is CCO/N=C/c1c(N)ncnc1N1CCN(C(=O)Cc2ccc(C(C)C)cc2)CC1.